The average molecular weight is 416 g/mol. The molecule has 0 radical (unpaired) electrons. The van der Waals surface area contributed by atoms with Crippen LogP contribution < -0.4 is 0 Å². The summed E-state index contributed by atoms with van der Waals surface area (Å²) in [6.07, 6.45) is 4.24. The van der Waals surface area contributed by atoms with Gasteiger partial charge in [-0.25, -0.2) is 4.39 Å². The Morgan fingerprint density at radius 1 is 1.16 bits per heavy atom. The van der Waals surface area contributed by atoms with Gasteiger partial charge >= 0.3 is 0 Å². The number of aromatic nitrogens is 1. The molecule has 1 atom stereocenters. The lowest BCUT2D eigenvalue weighted by atomic mass is 9.91. The molecule has 4 nitrogen and oxygen atoms in total. The van der Waals surface area contributed by atoms with Crippen molar-refractivity contribution in [3.63, 3.8) is 0 Å². The van der Waals surface area contributed by atoms with Crippen LogP contribution in [0.1, 0.15) is 59.8 Å². The van der Waals surface area contributed by atoms with Crippen LogP contribution in [-0.4, -0.2) is 16.5 Å². The number of Topliss-reactive ketones (excluding diaryl/α,β-unsaturated/α-hetero) is 1. The Kier molecular flexibility index (Phi) is 5.94. The summed E-state index contributed by atoms with van der Waals surface area (Å²) in [5.74, 6) is -0.0379. The van der Waals surface area contributed by atoms with E-state index >= 15 is 0 Å². The van der Waals surface area contributed by atoms with E-state index in [4.69, 9.17) is 4.84 Å². The fourth-order valence-corrected chi connectivity index (χ4v) is 3.75. The lowest BCUT2D eigenvalue weighted by Crippen LogP contribution is -2.07. The molecule has 0 spiro atoms. The van der Waals surface area contributed by atoms with Crippen LogP contribution >= 0.6 is 0 Å². The lowest BCUT2D eigenvalue weighted by molar-refractivity contribution is 0.0855. The molecule has 1 aromatic heterocycles. The van der Waals surface area contributed by atoms with Gasteiger partial charge < -0.3 is 4.84 Å². The quantitative estimate of drug-likeness (QED) is 0.444. The molecule has 0 N–H and O–H groups in total. The van der Waals surface area contributed by atoms with E-state index in [0.717, 1.165) is 22.4 Å². The van der Waals surface area contributed by atoms with Gasteiger partial charge in [-0.15, -0.1) is 0 Å². The molecular weight excluding hydrogens is 391 g/mol. The first-order valence-electron chi connectivity index (χ1n) is 10.5. The van der Waals surface area contributed by atoms with Crippen LogP contribution in [0.3, 0.4) is 0 Å². The van der Waals surface area contributed by atoms with Crippen molar-refractivity contribution in [1.82, 2.24) is 4.98 Å². The molecule has 0 saturated carbocycles. The van der Waals surface area contributed by atoms with E-state index in [2.05, 4.69) is 10.1 Å². The predicted octanol–water partition coefficient (Wildman–Crippen LogP) is 6.29. The Balaban J connectivity index is 1.72. The number of ketones is 1. The van der Waals surface area contributed by atoms with Gasteiger partial charge in [0.05, 0.1) is 5.71 Å². The van der Waals surface area contributed by atoms with Crippen LogP contribution in [0.5, 0.6) is 0 Å². The Morgan fingerprint density at radius 2 is 1.97 bits per heavy atom. The van der Waals surface area contributed by atoms with Gasteiger partial charge in [-0.05, 0) is 54.3 Å². The summed E-state index contributed by atoms with van der Waals surface area (Å²) >= 11 is 0. The molecule has 3 aromatic rings. The van der Waals surface area contributed by atoms with E-state index in [-0.39, 0.29) is 23.6 Å². The zero-order valence-electron chi connectivity index (χ0n) is 17.9. The third kappa shape index (κ3) is 4.71. The predicted molar refractivity (Wildman–Crippen MR) is 120 cm³/mol. The Labute approximate surface area is 181 Å². The Hall–Kier alpha value is -3.34. The van der Waals surface area contributed by atoms with Crippen molar-refractivity contribution in [2.24, 2.45) is 11.1 Å². The SMILES string of the molecule is Cc1ccc(-c2cc(C(=O)CC(C)C)cc(C3=NOC(c4cccnc4)C3)c2)c(F)c1. The summed E-state index contributed by atoms with van der Waals surface area (Å²) in [6, 6.07) is 14.4. The minimum Gasteiger partial charge on any atom is -0.387 e. The molecule has 2 heterocycles. The van der Waals surface area contributed by atoms with Gasteiger partial charge in [0.25, 0.3) is 0 Å². The standard InChI is InChI=1S/C26H25FN2O2/c1-16(2)9-25(30)21-12-19(22-7-6-17(3)10-23(22)27)11-20(13-21)24-14-26(31-29-24)18-5-4-8-28-15-18/h4-8,10-13,15-16,26H,9,14H2,1-3H3. The van der Waals surface area contributed by atoms with Crippen molar-refractivity contribution in [2.45, 2.75) is 39.7 Å². The molecule has 0 saturated heterocycles. The van der Waals surface area contributed by atoms with E-state index in [1.54, 1.807) is 24.5 Å². The number of rotatable bonds is 6. The van der Waals surface area contributed by atoms with E-state index in [1.165, 1.54) is 6.07 Å². The molecule has 5 heteroatoms. The highest BCUT2D eigenvalue weighted by Gasteiger charge is 2.25. The maximum absolute atomic E-state index is 14.7. The minimum absolute atomic E-state index is 0.0361. The third-order valence-electron chi connectivity index (χ3n) is 5.34. The van der Waals surface area contributed by atoms with Crippen molar-refractivity contribution < 1.29 is 14.0 Å². The zero-order valence-corrected chi connectivity index (χ0v) is 17.9. The highest BCUT2D eigenvalue weighted by atomic mass is 19.1. The lowest BCUT2D eigenvalue weighted by Gasteiger charge is -2.12. The highest BCUT2D eigenvalue weighted by Crippen LogP contribution is 2.32. The monoisotopic (exact) mass is 416 g/mol. The van der Waals surface area contributed by atoms with Crippen molar-refractivity contribution >= 4 is 11.5 Å². The summed E-state index contributed by atoms with van der Waals surface area (Å²) in [5, 5.41) is 4.28. The maximum Gasteiger partial charge on any atom is 0.163 e. The molecule has 1 unspecified atom stereocenters. The first-order valence-corrected chi connectivity index (χ1v) is 10.5. The summed E-state index contributed by atoms with van der Waals surface area (Å²) < 4.78 is 14.7. The second kappa shape index (κ2) is 8.80. The van der Waals surface area contributed by atoms with Gasteiger partial charge in [-0.3, -0.25) is 9.78 Å². The molecule has 0 aliphatic carbocycles. The summed E-state index contributed by atoms with van der Waals surface area (Å²) in [4.78, 5) is 22.6. The molecular formula is C26H25FN2O2. The van der Waals surface area contributed by atoms with Gasteiger partial charge in [0.2, 0.25) is 0 Å². The van der Waals surface area contributed by atoms with Crippen molar-refractivity contribution in [1.29, 1.82) is 0 Å². The van der Waals surface area contributed by atoms with Gasteiger partial charge in [0, 0.05) is 47.5 Å². The second-order valence-corrected chi connectivity index (χ2v) is 8.43. The smallest absolute Gasteiger partial charge is 0.163 e. The molecule has 2 aromatic carbocycles. The van der Waals surface area contributed by atoms with Crippen LogP contribution in [0.2, 0.25) is 0 Å². The van der Waals surface area contributed by atoms with Crippen LogP contribution in [0.25, 0.3) is 11.1 Å². The normalized spacial score (nSPS) is 15.6. The molecule has 0 bridgehead atoms. The molecule has 158 valence electrons. The number of aryl methyl sites for hydroxylation is 1. The molecule has 31 heavy (non-hydrogen) atoms. The summed E-state index contributed by atoms with van der Waals surface area (Å²) in [5.41, 5.74) is 5.00. The third-order valence-corrected chi connectivity index (χ3v) is 5.34. The molecule has 0 fully saturated rings. The topological polar surface area (TPSA) is 51.5 Å². The fourth-order valence-electron chi connectivity index (χ4n) is 3.75. The fraction of sp³-hybridized carbons (Fsp3) is 0.269. The van der Waals surface area contributed by atoms with Crippen molar-refractivity contribution in [2.75, 3.05) is 0 Å². The first-order chi connectivity index (χ1) is 14.9. The Bertz CT molecular complexity index is 1140. The summed E-state index contributed by atoms with van der Waals surface area (Å²) in [7, 11) is 0. The number of hydrogen-bond acceptors (Lipinski definition) is 4. The van der Waals surface area contributed by atoms with Crippen LogP contribution in [-0.2, 0) is 4.84 Å². The van der Waals surface area contributed by atoms with Crippen LogP contribution in [0.4, 0.5) is 4.39 Å². The molecule has 1 aliphatic rings. The number of pyridine rings is 1. The summed E-state index contributed by atoms with van der Waals surface area (Å²) in [6.45, 7) is 5.87. The van der Waals surface area contributed by atoms with Crippen LogP contribution in [0, 0.1) is 18.7 Å². The number of carbonyl (C=O) groups excluding carboxylic acids is 1. The number of nitrogens with zero attached hydrogens (tertiary/aromatic N) is 2. The second-order valence-electron chi connectivity index (χ2n) is 8.43. The molecule has 1 aliphatic heterocycles. The first kappa shape index (κ1) is 20.9. The van der Waals surface area contributed by atoms with E-state index < -0.39 is 0 Å². The van der Waals surface area contributed by atoms with Crippen molar-refractivity contribution in [3.05, 3.63) is 89.0 Å². The zero-order chi connectivity index (χ0) is 22.0. The highest BCUT2D eigenvalue weighted by molar-refractivity contribution is 6.05. The Morgan fingerprint density at radius 3 is 2.68 bits per heavy atom. The minimum atomic E-state index is -0.308. The van der Waals surface area contributed by atoms with Crippen LogP contribution in [0.15, 0.2) is 66.1 Å². The number of halogens is 1. The van der Waals surface area contributed by atoms with Gasteiger partial charge in [-0.2, -0.15) is 0 Å². The van der Waals surface area contributed by atoms with E-state index in [1.807, 2.05) is 51.1 Å². The maximum atomic E-state index is 14.7. The number of carbonyl (C=O) groups is 1. The molecule has 4 rings (SSSR count). The van der Waals surface area contributed by atoms with E-state index in [9.17, 15) is 9.18 Å². The van der Waals surface area contributed by atoms with E-state index in [0.29, 0.717) is 29.5 Å². The van der Waals surface area contributed by atoms with Gasteiger partial charge in [0.1, 0.15) is 5.82 Å². The average Bonchev–Trinajstić information content (AvgIpc) is 3.24. The van der Waals surface area contributed by atoms with Crippen molar-refractivity contribution in [3.8, 4) is 11.1 Å². The number of benzene rings is 2. The van der Waals surface area contributed by atoms with Gasteiger partial charge in [0.15, 0.2) is 11.9 Å². The molecule has 0 amide bonds. The number of oxime groups is 1. The van der Waals surface area contributed by atoms with Gasteiger partial charge in [-0.1, -0.05) is 37.2 Å². The largest absolute Gasteiger partial charge is 0.387 e. The number of hydrogen-bond donors (Lipinski definition) is 0.